The van der Waals surface area contributed by atoms with E-state index < -0.39 is 0 Å². The van der Waals surface area contributed by atoms with Gasteiger partial charge in [0.15, 0.2) is 55.5 Å². The van der Waals surface area contributed by atoms with E-state index in [2.05, 4.69) is 200 Å². The van der Waals surface area contributed by atoms with Crippen LogP contribution < -0.4 is 13.9 Å². The van der Waals surface area contributed by atoms with Crippen LogP contribution in [0.25, 0.3) is 10.9 Å². The molecule has 9 nitrogen and oxygen atoms in total. The van der Waals surface area contributed by atoms with Gasteiger partial charge >= 0.3 is 0 Å². The van der Waals surface area contributed by atoms with E-state index in [1.54, 1.807) is 0 Å². The molecule has 0 saturated carbocycles. The second-order valence-corrected chi connectivity index (χ2v) is 15.4. The topological polar surface area (TPSA) is 33.8 Å². The van der Waals surface area contributed by atoms with Crippen LogP contribution in [0.15, 0.2) is 134 Å². The third kappa shape index (κ3) is 14.7. The lowest BCUT2D eigenvalue weighted by molar-refractivity contribution is -0.751. The van der Waals surface area contributed by atoms with Crippen LogP contribution in [0.5, 0.6) is 0 Å². The smallest absolute Gasteiger partial charge is 0.208 e. The summed E-state index contributed by atoms with van der Waals surface area (Å²) >= 11 is 0. The van der Waals surface area contributed by atoms with E-state index in [4.69, 9.17) is 0 Å². The molecule has 4 aliphatic rings. The number of hydrogen-bond acceptors (Lipinski definition) is 1. The minimum absolute atomic E-state index is 0.736. The first-order valence-electron chi connectivity index (χ1n) is 20.4. The lowest BCUT2D eigenvalue weighted by atomic mass is 10.1. The summed E-state index contributed by atoms with van der Waals surface area (Å²) < 4.78 is 16.8. The average Bonchev–Trinajstić information content (AvgIpc) is 4.08. The second-order valence-electron chi connectivity index (χ2n) is 15.4. The van der Waals surface area contributed by atoms with Crippen LogP contribution in [0.1, 0.15) is 58.2 Å². The van der Waals surface area contributed by atoms with Crippen molar-refractivity contribution in [1.29, 1.82) is 0 Å². The highest BCUT2D eigenvalue weighted by Gasteiger charge is 2.22. The molecule has 1 unspecified atom stereocenters. The second kappa shape index (κ2) is 23.5. The van der Waals surface area contributed by atoms with Gasteiger partial charge in [-0.15, -0.1) is 9.36 Å². The maximum absolute atomic E-state index is 2.26. The van der Waals surface area contributed by atoms with E-state index >= 15 is 0 Å². The highest BCUT2D eigenvalue weighted by Crippen LogP contribution is 2.24. The molecule has 1 atom stereocenters. The predicted molar refractivity (Wildman–Crippen MR) is 242 cm³/mol. The molecule has 9 rings (SSSR count). The van der Waals surface area contributed by atoms with Crippen LogP contribution in [0.2, 0.25) is 0 Å². The van der Waals surface area contributed by atoms with E-state index in [0.717, 1.165) is 25.3 Å². The third-order valence-corrected chi connectivity index (χ3v) is 11.1. The van der Waals surface area contributed by atoms with Crippen molar-refractivity contribution in [2.24, 2.45) is 35.2 Å². The van der Waals surface area contributed by atoms with Crippen LogP contribution >= 0.6 is 0 Å². The van der Waals surface area contributed by atoms with Gasteiger partial charge in [-0.3, -0.25) is 0 Å². The molecule has 0 aliphatic carbocycles. The Bertz CT molecular complexity index is 2200. The Labute approximate surface area is 350 Å². The van der Waals surface area contributed by atoms with Crippen molar-refractivity contribution in [3.63, 3.8) is 0 Å². The van der Waals surface area contributed by atoms with Crippen molar-refractivity contribution in [2.75, 3.05) is 28.2 Å². The zero-order valence-corrected chi connectivity index (χ0v) is 38.1. The fraction of sp³-hybridized carbons (Fsp3) is 0.388. The van der Waals surface area contributed by atoms with Gasteiger partial charge in [0.25, 0.3) is 0 Å². The summed E-state index contributed by atoms with van der Waals surface area (Å²) in [6.45, 7) is 10.7. The Morgan fingerprint density at radius 1 is 0.707 bits per heavy atom. The lowest BCUT2D eigenvalue weighted by Crippen LogP contribution is -2.35. The Morgan fingerprint density at radius 2 is 1.40 bits per heavy atom. The summed E-state index contributed by atoms with van der Waals surface area (Å²) in [5, 5.41) is 1.29. The van der Waals surface area contributed by atoms with Gasteiger partial charge in [0, 0.05) is 77.0 Å². The standard InChI is InChI=1S/C10H12N.C9H11N2.C7H10N.C6H11N.2C6H10N.C5H9N2/c1-8-7-9-5-3-4-6-10(9)11(8)2;1-10-7-8-5-3-4-6-9(8)11(10)2;1-7-5-3-4-6-8(7)2;4*1-6-4-3-5-7(6)2/h3-6H,7H2,1-2H3;3-7H,1-2H3;3-6H,1-2H3;3,5-6H,4H2,1-2H3;4-5H,3H2,1-2H3;3,5H,4H2,1-2H3;3-5H,1-2H3/q3*+1;;3*+1. The Balaban J connectivity index is 0.000000183. The number of fused-ring (bicyclic) bond motifs is 2. The van der Waals surface area contributed by atoms with Gasteiger partial charge in [-0.2, -0.15) is 9.36 Å². The minimum atomic E-state index is 0.736. The number of aromatic nitrogens is 5. The predicted octanol–water partition coefficient (Wildman–Crippen LogP) is 6.89. The summed E-state index contributed by atoms with van der Waals surface area (Å²) in [6, 6.07) is 25.8. The molecule has 0 bridgehead atoms. The number of allylic oxidation sites excluding steroid dienone is 3. The van der Waals surface area contributed by atoms with Crippen molar-refractivity contribution < 1.29 is 27.7 Å². The molecule has 58 heavy (non-hydrogen) atoms. The number of pyridine rings is 1. The first-order valence-corrected chi connectivity index (χ1v) is 20.4. The van der Waals surface area contributed by atoms with Crippen molar-refractivity contribution in [3.8, 4) is 0 Å². The summed E-state index contributed by atoms with van der Waals surface area (Å²) in [7, 11) is 18.5. The molecule has 0 radical (unpaired) electrons. The van der Waals surface area contributed by atoms with E-state index in [-0.39, 0.29) is 0 Å². The summed E-state index contributed by atoms with van der Waals surface area (Å²) in [5.41, 5.74) is 9.60. The molecule has 2 aromatic carbocycles. The SMILES string of the molecule is CC1=CCC=[N+]1C.CC1=[N+](C)C=CC1.CC1=[N+](C)c2ccccc2C1.CC1CC=CN1C.Cc1cccc[n+]1C.Cn1c2ccccc2c[n+]1C.Cn1ccc[n+]1C. The van der Waals surface area contributed by atoms with Crippen LogP contribution in [0.4, 0.5) is 5.69 Å². The quantitative estimate of drug-likeness (QED) is 0.158. The first-order chi connectivity index (χ1) is 27.6. The molecule has 0 spiro atoms. The van der Waals surface area contributed by atoms with Gasteiger partial charge in [-0.05, 0) is 43.8 Å². The summed E-state index contributed by atoms with van der Waals surface area (Å²) in [4.78, 5) is 2.22. The summed E-state index contributed by atoms with van der Waals surface area (Å²) in [5.74, 6) is 0. The van der Waals surface area contributed by atoms with E-state index in [0.29, 0.717) is 0 Å². The molecular formula is C49H73N9+6. The Hall–Kier alpha value is -5.70. The van der Waals surface area contributed by atoms with Crippen molar-refractivity contribution in [1.82, 2.24) is 14.3 Å². The van der Waals surface area contributed by atoms with Crippen LogP contribution in [0.3, 0.4) is 0 Å². The Kier molecular flexibility index (Phi) is 18.9. The van der Waals surface area contributed by atoms with Crippen LogP contribution in [-0.4, -0.2) is 79.9 Å². The number of nitrogens with zero attached hydrogens (tertiary/aromatic N) is 9. The zero-order valence-electron chi connectivity index (χ0n) is 38.1. The van der Waals surface area contributed by atoms with Gasteiger partial charge in [0.1, 0.15) is 39.9 Å². The van der Waals surface area contributed by atoms with Gasteiger partial charge in [0.05, 0.1) is 38.5 Å². The van der Waals surface area contributed by atoms with Crippen LogP contribution in [0, 0.1) is 6.92 Å². The maximum Gasteiger partial charge on any atom is 0.208 e. The molecule has 0 N–H and O–H groups in total. The van der Waals surface area contributed by atoms with Gasteiger partial charge < -0.3 is 4.90 Å². The summed E-state index contributed by atoms with van der Waals surface area (Å²) in [6.07, 6.45) is 25.7. The van der Waals surface area contributed by atoms with E-state index in [9.17, 15) is 0 Å². The maximum atomic E-state index is 2.26. The van der Waals surface area contributed by atoms with Crippen molar-refractivity contribution in [2.45, 2.75) is 66.3 Å². The zero-order chi connectivity index (χ0) is 42.8. The van der Waals surface area contributed by atoms with E-state index in [1.807, 2.05) is 74.3 Å². The number of rotatable bonds is 0. The highest BCUT2D eigenvalue weighted by atomic mass is 15.4. The fourth-order valence-electron chi connectivity index (χ4n) is 6.10. The van der Waals surface area contributed by atoms with Gasteiger partial charge in [-0.1, -0.05) is 42.5 Å². The number of aryl methyl sites for hydroxylation is 6. The molecule has 0 fully saturated rings. The largest absolute Gasteiger partial charge is 0.378 e. The molecule has 9 heteroatoms. The van der Waals surface area contributed by atoms with Crippen molar-refractivity contribution in [3.05, 3.63) is 145 Å². The molecule has 0 amide bonds. The average molecular weight is 788 g/mol. The number of para-hydroxylation sites is 2. The Morgan fingerprint density at radius 3 is 1.79 bits per heavy atom. The monoisotopic (exact) mass is 788 g/mol. The van der Waals surface area contributed by atoms with Crippen LogP contribution in [-0.2, 0) is 41.7 Å². The third-order valence-electron chi connectivity index (χ3n) is 11.1. The van der Waals surface area contributed by atoms with Gasteiger partial charge in [0.2, 0.25) is 11.9 Å². The van der Waals surface area contributed by atoms with E-state index in [1.165, 1.54) is 51.4 Å². The minimum Gasteiger partial charge on any atom is -0.378 e. The van der Waals surface area contributed by atoms with Crippen molar-refractivity contribution >= 4 is 34.2 Å². The highest BCUT2D eigenvalue weighted by molar-refractivity contribution is 5.84. The first kappa shape index (κ1) is 46.7. The molecule has 0 saturated heterocycles. The molecule has 308 valence electrons. The molecule has 7 heterocycles. The molecular weight excluding hydrogens is 715 g/mol. The normalized spacial score (nSPS) is 15.6. The number of benzene rings is 2. The fourth-order valence-corrected chi connectivity index (χ4v) is 6.10. The van der Waals surface area contributed by atoms with Gasteiger partial charge in [-0.25, -0.2) is 18.3 Å². The lowest BCUT2D eigenvalue weighted by Gasteiger charge is -2.14. The molecule has 5 aromatic rings. The molecule has 4 aliphatic heterocycles. The molecule has 3 aromatic heterocycles. The number of hydrogen-bond donors (Lipinski definition) is 0.